The van der Waals surface area contributed by atoms with Crippen LogP contribution in [-0.2, 0) is 14.8 Å². The van der Waals surface area contributed by atoms with E-state index in [-0.39, 0.29) is 29.8 Å². The molecule has 0 aromatic heterocycles. The molecule has 0 bridgehead atoms. The van der Waals surface area contributed by atoms with Gasteiger partial charge in [-0.25, -0.2) is 12.8 Å². The standard InChI is InChI=1S/C19H21FN2O4S/c1-26-17-5-7-18(8-6-17)27(24,25)22-11-9-14(10-12-22)19(23)21-16-4-2-3-15(20)13-16/h2-8,13-14H,9-12H2,1H3,(H,21,23). The van der Waals surface area contributed by atoms with Gasteiger partial charge in [-0.05, 0) is 55.3 Å². The van der Waals surface area contributed by atoms with Gasteiger partial charge < -0.3 is 10.1 Å². The van der Waals surface area contributed by atoms with Crippen molar-refractivity contribution in [3.8, 4) is 5.75 Å². The third-order valence-corrected chi connectivity index (χ3v) is 6.53. The molecular weight excluding hydrogens is 371 g/mol. The highest BCUT2D eigenvalue weighted by Gasteiger charge is 2.32. The van der Waals surface area contributed by atoms with Crippen LogP contribution < -0.4 is 10.1 Å². The average molecular weight is 392 g/mol. The molecule has 1 aliphatic heterocycles. The summed E-state index contributed by atoms with van der Waals surface area (Å²) >= 11 is 0. The summed E-state index contributed by atoms with van der Waals surface area (Å²) in [5, 5.41) is 2.69. The van der Waals surface area contributed by atoms with E-state index in [4.69, 9.17) is 4.74 Å². The number of nitrogens with zero attached hydrogens (tertiary/aromatic N) is 1. The summed E-state index contributed by atoms with van der Waals surface area (Å²) < 4.78 is 45.1. The first-order valence-corrected chi connectivity index (χ1v) is 10.0. The van der Waals surface area contributed by atoms with Crippen LogP contribution >= 0.6 is 0 Å². The molecule has 1 fully saturated rings. The monoisotopic (exact) mass is 392 g/mol. The van der Waals surface area contributed by atoms with Crippen molar-refractivity contribution in [2.24, 2.45) is 5.92 Å². The number of carbonyl (C=O) groups is 1. The summed E-state index contributed by atoms with van der Waals surface area (Å²) in [6.45, 7) is 0.519. The number of ether oxygens (including phenoxy) is 1. The zero-order chi connectivity index (χ0) is 19.4. The molecule has 0 aliphatic carbocycles. The number of carbonyl (C=O) groups excluding carboxylic acids is 1. The minimum absolute atomic E-state index is 0.200. The van der Waals surface area contributed by atoms with E-state index in [1.54, 1.807) is 18.2 Å². The number of halogens is 1. The Morgan fingerprint density at radius 1 is 1.15 bits per heavy atom. The van der Waals surface area contributed by atoms with Gasteiger partial charge in [0.15, 0.2) is 0 Å². The van der Waals surface area contributed by atoms with Crippen LogP contribution in [0.5, 0.6) is 5.75 Å². The third kappa shape index (κ3) is 4.45. The van der Waals surface area contributed by atoms with Gasteiger partial charge in [0.25, 0.3) is 0 Å². The van der Waals surface area contributed by atoms with Crippen molar-refractivity contribution in [3.05, 3.63) is 54.3 Å². The topological polar surface area (TPSA) is 75.7 Å². The molecular formula is C19H21FN2O4S. The largest absolute Gasteiger partial charge is 0.497 e. The maximum absolute atomic E-state index is 13.2. The SMILES string of the molecule is COc1ccc(S(=O)(=O)N2CCC(C(=O)Nc3cccc(F)c3)CC2)cc1. The molecule has 1 saturated heterocycles. The normalized spacial score (nSPS) is 16.1. The number of methoxy groups -OCH3 is 1. The third-order valence-electron chi connectivity index (χ3n) is 4.61. The van der Waals surface area contributed by atoms with Gasteiger partial charge in [-0.2, -0.15) is 4.31 Å². The Kier molecular flexibility index (Phi) is 5.76. The van der Waals surface area contributed by atoms with Gasteiger partial charge in [0, 0.05) is 24.7 Å². The van der Waals surface area contributed by atoms with Gasteiger partial charge in [0.05, 0.1) is 12.0 Å². The molecule has 1 amide bonds. The Balaban J connectivity index is 1.61. The molecule has 1 heterocycles. The van der Waals surface area contributed by atoms with Crippen LogP contribution in [0.25, 0.3) is 0 Å². The molecule has 1 aliphatic rings. The number of amides is 1. The van der Waals surface area contributed by atoms with E-state index in [1.807, 2.05) is 0 Å². The highest BCUT2D eigenvalue weighted by molar-refractivity contribution is 7.89. The van der Waals surface area contributed by atoms with Crippen LogP contribution in [0, 0.1) is 11.7 Å². The average Bonchev–Trinajstić information content (AvgIpc) is 2.68. The number of anilines is 1. The van der Waals surface area contributed by atoms with E-state index >= 15 is 0 Å². The Bertz CT molecular complexity index is 908. The van der Waals surface area contributed by atoms with Crippen molar-refractivity contribution in [1.82, 2.24) is 4.31 Å². The lowest BCUT2D eigenvalue weighted by atomic mass is 9.97. The lowest BCUT2D eigenvalue weighted by Gasteiger charge is -2.30. The highest BCUT2D eigenvalue weighted by atomic mass is 32.2. The number of hydrogen-bond donors (Lipinski definition) is 1. The first kappa shape index (κ1) is 19.3. The molecule has 0 radical (unpaired) electrons. The fourth-order valence-electron chi connectivity index (χ4n) is 3.07. The van der Waals surface area contributed by atoms with Crippen LogP contribution in [0.2, 0.25) is 0 Å². The molecule has 0 atom stereocenters. The number of sulfonamides is 1. The molecule has 8 heteroatoms. The van der Waals surface area contributed by atoms with Crippen molar-refractivity contribution in [1.29, 1.82) is 0 Å². The lowest BCUT2D eigenvalue weighted by Crippen LogP contribution is -2.41. The van der Waals surface area contributed by atoms with Crippen molar-refractivity contribution in [2.45, 2.75) is 17.7 Å². The molecule has 27 heavy (non-hydrogen) atoms. The Morgan fingerprint density at radius 2 is 1.81 bits per heavy atom. The molecule has 144 valence electrons. The quantitative estimate of drug-likeness (QED) is 0.849. The summed E-state index contributed by atoms with van der Waals surface area (Å²) in [6, 6.07) is 11.9. The lowest BCUT2D eigenvalue weighted by molar-refractivity contribution is -0.120. The van der Waals surface area contributed by atoms with E-state index in [0.29, 0.717) is 24.3 Å². The molecule has 0 saturated carbocycles. The van der Waals surface area contributed by atoms with Gasteiger partial charge in [-0.15, -0.1) is 0 Å². The van der Waals surface area contributed by atoms with Crippen LogP contribution in [-0.4, -0.2) is 38.8 Å². The zero-order valence-corrected chi connectivity index (χ0v) is 15.7. The fraction of sp³-hybridized carbons (Fsp3) is 0.316. The van der Waals surface area contributed by atoms with Gasteiger partial charge >= 0.3 is 0 Å². The molecule has 3 rings (SSSR count). The molecule has 2 aromatic carbocycles. The number of hydrogen-bond acceptors (Lipinski definition) is 4. The summed E-state index contributed by atoms with van der Waals surface area (Å²) in [5.74, 6) is -0.368. The molecule has 0 unspecified atom stereocenters. The molecule has 1 N–H and O–H groups in total. The van der Waals surface area contributed by atoms with Crippen LogP contribution in [0.1, 0.15) is 12.8 Å². The second-order valence-corrected chi connectivity index (χ2v) is 8.29. The summed E-state index contributed by atoms with van der Waals surface area (Å²) in [4.78, 5) is 12.6. The van der Waals surface area contributed by atoms with Crippen molar-refractivity contribution >= 4 is 21.6 Å². The van der Waals surface area contributed by atoms with Gasteiger partial charge in [-0.3, -0.25) is 4.79 Å². The number of rotatable bonds is 5. The smallest absolute Gasteiger partial charge is 0.243 e. The van der Waals surface area contributed by atoms with Gasteiger partial charge in [-0.1, -0.05) is 6.07 Å². The molecule has 2 aromatic rings. The summed E-state index contributed by atoms with van der Waals surface area (Å²) in [5.41, 5.74) is 0.397. The highest BCUT2D eigenvalue weighted by Crippen LogP contribution is 2.26. The number of nitrogens with one attached hydrogen (secondary N) is 1. The zero-order valence-electron chi connectivity index (χ0n) is 14.9. The first-order valence-electron chi connectivity index (χ1n) is 8.61. The van der Waals surface area contributed by atoms with Crippen molar-refractivity contribution < 1.29 is 22.3 Å². The van der Waals surface area contributed by atoms with Crippen LogP contribution in [0.4, 0.5) is 10.1 Å². The molecule has 6 nitrogen and oxygen atoms in total. The van der Waals surface area contributed by atoms with E-state index in [0.717, 1.165) is 0 Å². The van der Waals surface area contributed by atoms with E-state index in [1.165, 1.54) is 41.7 Å². The Labute approximate surface area is 158 Å². The van der Waals surface area contributed by atoms with E-state index in [2.05, 4.69) is 5.32 Å². The molecule has 0 spiro atoms. The second-order valence-electron chi connectivity index (χ2n) is 6.35. The Hall–Kier alpha value is -2.45. The van der Waals surface area contributed by atoms with E-state index in [9.17, 15) is 17.6 Å². The predicted molar refractivity (Wildman–Crippen MR) is 99.5 cm³/mol. The van der Waals surface area contributed by atoms with Gasteiger partial charge in [0.2, 0.25) is 15.9 Å². The number of piperidine rings is 1. The number of benzene rings is 2. The van der Waals surface area contributed by atoms with Crippen molar-refractivity contribution in [2.75, 3.05) is 25.5 Å². The van der Waals surface area contributed by atoms with Crippen LogP contribution in [0.15, 0.2) is 53.4 Å². The fourth-order valence-corrected chi connectivity index (χ4v) is 4.54. The van der Waals surface area contributed by atoms with Crippen molar-refractivity contribution in [3.63, 3.8) is 0 Å². The predicted octanol–water partition coefficient (Wildman–Crippen LogP) is 2.87. The summed E-state index contributed by atoms with van der Waals surface area (Å²) in [6.07, 6.45) is 0.826. The van der Waals surface area contributed by atoms with Gasteiger partial charge in [0.1, 0.15) is 11.6 Å². The van der Waals surface area contributed by atoms with Crippen LogP contribution in [0.3, 0.4) is 0 Å². The minimum atomic E-state index is -3.60. The minimum Gasteiger partial charge on any atom is -0.497 e. The van der Waals surface area contributed by atoms with E-state index < -0.39 is 15.8 Å². The maximum atomic E-state index is 13.2. The second kappa shape index (κ2) is 8.06. The Morgan fingerprint density at radius 3 is 2.41 bits per heavy atom. The maximum Gasteiger partial charge on any atom is 0.243 e. The summed E-state index contributed by atoms with van der Waals surface area (Å²) in [7, 11) is -2.09. The first-order chi connectivity index (χ1) is 12.9.